The molecule has 0 bridgehead atoms. The first-order chi connectivity index (χ1) is 14.6. The van der Waals surface area contributed by atoms with Gasteiger partial charge >= 0.3 is 6.36 Å². The normalized spacial score (nSPS) is 15.1. The van der Waals surface area contributed by atoms with Crippen LogP contribution in [0.3, 0.4) is 0 Å². The number of rotatable bonds is 7. The highest BCUT2D eigenvalue weighted by molar-refractivity contribution is 5.83. The van der Waals surface area contributed by atoms with Crippen molar-refractivity contribution in [1.82, 2.24) is 10.2 Å². The predicted molar refractivity (Wildman–Crippen MR) is 108 cm³/mol. The first-order valence-electron chi connectivity index (χ1n) is 9.73. The summed E-state index contributed by atoms with van der Waals surface area (Å²) < 4.78 is 47.2. The average Bonchev–Trinajstić information content (AvgIpc) is 3.11. The molecule has 0 aromatic heterocycles. The molecule has 6 nitrogen and oxygen atoms in total. The molecule has 1 aliphatic rings. The third-order valence-electron chi connectivity index (χ3n) is 4.79. The van der Waals surface area contributed by atoms with E-state index >= 15 is 0 Å². The Bertz CT molecular complexity index is 960. The minimum absolute atomic E-state index is 0.108. The Labute approximate surface area is 177 Å². The lowest BCUT2D eigenvalue weighted by atomic mass is 10.0. The van der Waals surface area contributed by atoms with Gasteiger partial charge in [-0.2, -0.15) is 0 Å². The van der Waals surface area contributed by atoms with Gasteiger partial charge in [-0.05, 0) is 41.0 Å². The number of carbonyl (C=O) groups excluding carboxylic acids is 2. The molecule has 0 radical (unpaired) electrons. The molecule has 3 rings (SSSR count). The highest BCUT2D eigenvalue weighted by atomic mass is 19.4. The van der Waals surface area contributed by atoms with Gasteiger partial charge in [0.15, 0.2) is 0 Å². The number of alkyl halides is 3. The summed E-state index contributed by atoms with van der Waals surface area (Å²) in [4.78, 5) is 24.9. The smallest absolute Gasteiger partial charge is 0.488 e. The van der Waals surface area contributed by atoms with Gasteiger partial charge in [-0.1, -0.05) is 18.2 Å². The van der Waals surface area contributed by atoms with Crippen LogP contribution in [0, 0.1) is 0 Å². The molecular formula is C22H23F3N2O4. The van der Waals surface area contributed by atoms with E-state index in [-0.39, 0.29) is 36.5 Å². The molecule has 1 atom stereocenters. The Balaban J connectivity index is 1.57. The van der Waals surface area contributed by atoms with Crippen LogP contribution in [-0.2, 0) is 16.0 Å². The van der Waals surface area contributed by atoms with Crippen molar-refractivity contribution < 1.29 is 32.2 Å². The van der Waals surface area contributed by atoms with E-state index < -0.39 is 6.36 Å². The second-order valence-corrected chi connectivity index (χ2v) is 7.43. The van der Waals surface area contributed by atoms with Gasteiger partial charge in [0.05, 0.1) is 6.54 Å². The standard InChI is InChI=1S/C22H23F3N2O4/c1-27(2)21(29)9-8-20(28)26-13-18-12-16-10-15(6-7-19(16)30-18)14-4-3-5-17(11-14)31-22(23,24)25/h3-7,10-11,18H,8-9,12-13H2,1-2H3,(H,26,28)/t18-/m0/s1. The van der Waals surface area contributed by atoms with Crippen LogP contribution in [0.1, 0.15) is 18.4 Å². The van der Waals surface area contributed by atoms with Crippen molar-refractivity contribution in [2.75, 3.05) is 20.6 Å². The first-order valence-corrected chi connectivity index (χ1v) is 9.73. The fourth-order valence-electron chi connectivity index (χ4n) is 3.25. The molecule has 1 heterocycles. The van der Waals surface area contributed by atoms with E-state index in [2.05, 4.69) is 10.1 Å². The predicted octanol–water partition coefficient (Wildman–Crippen LogP) is 3.54. The van der Waals surface area contributed by atoms with Gasteiger partial charge in [0, 0.05) is 33.4 Å². The van der Waals surface area contributed by atoms with E-state index in [1.807, 2.05) is 6.07 Å². The van der Waals surface area contributed by atoms with Crippen LogP contribution in [0.5, 0.6) is 11.5 Å². The third kappa shape index (κ3) is 6.37. The van der Waals surface area contributed by atoms with E-state index in [1.54, 1.807) is 32.3 Å². The lowest BCUT2D eigenvalue weighted by Gasteiger charge is -2.13. The van der Waals surface area contributed by atoms with Gasteiger partial charge in [0.1, 0.15) is 17.6 Å². The molecule has 9 heteroatoms. The lowest BCUT2D eigenvalue weighted by Crippen LogP contribution is -2.35. The number of hydrogen-bond acceptors (Lipinski definition) is 4. The Kier molecular flexibility index (Phi) is 6.72. The third-order valence-corrected chi connectivity index (χ3v) is 4.79. The summed E-state index contributed by atoms with van der Waals surface area (Å²) in [6.45, 7) is 0.300. The van der Waals surface area contributed by atoms with Gasteiger partial charge in [0.25, 0.3) is 0 Å². The van der Waals surface area contributed by atoms with E-state index in [9.17, 15) is 22.8 Å². The molecule has 2 aromatic carbocycles. The molecule has 2 aromatic rings. The summed E-state index contributed by atoms with van der Waals surface area (Å²) >= 11 is 0. The maximum Gasteiger partial charge on any atom is 0.573 e. The number of ether oxygens (including phenoxy) is 2. The van der Waals surface area contributed by atoms with Crippen molar-refractivity contribution in [3.05, 3.63) is 48.0 Å². The second-order valence-electron chi connectivity index (χ2n) is 7.43. The number of benzene rings is 2. The van der Waals surface area contributed by atoms with Crippen molar-refractivity contribution >= 4 is 11.8 Å². The summed E-state index contributed by atoms with van der Waals surface area (Å²) in [5.41, 5.74) is 2.23. The summed E-state index contributed by atoms with van der Waals surface area (Å²) in [6.07, 6.45) is -4.19. The number of nitrogens with zero attached hydrogens (tertiary/aromatic N) is 1. The van der Waals surface area contributed by atoms with Crippen molar-refractivity contribution in [2.45, 2.75) is 31.7 Å². The van der Waals surface area contributed by atoms with Crippen LogP contribution in [0.15, 0.2) is 42.5 Å². The van der Waals surface area contributed by atoms with Gasteiger partial charge in [-0.15, -0.1) is 13.2 Å². The molecule has 166 valence electrons. The van der Waals surface area contributed by atoms with Crippen LogP contribution in [0.4, 0.5) is 13.2 Å². The molecule has 0 saturated heterocycles. The minimum Gasteiger partial charge on any atom is -0.488 e. The Morgan fingerprint density at radius 1 is 1.13 bits per heavy atom. The highest BCUT2D eigenvalue weighted by Gasteiger charge is 2.31. The zero-order valence-corrected chi connectivity index (χ0v) is 17.2. The molecule has 2 amide bonds. The molecule has 31 heavy (non-hydrogen) atoms. The summed E-state index contributed by atoms with van der Waals surface area (Å²) in [5, 5.41) is 2.77. The quantitative estimate of drug-likeness (QED) is 0.721. The highest BCUT2D eigenvalue weighted by Crippen LogP contribution is 2.34. The Hall–Kier alpha value is -3.23. The van der Waals surface area contributed by atoms with Crippen LogP contribution in [0.25, 0.3) is 11.1 Å². The molecule has 0 saturated carbocycles. The van der Waals surface area contributed by atoms with Gasteiger partial charge < -0.3 is 19.7 Å². The lowest BCUT2D eigenvalue weighted by molar-refractivity contribution is -0.274. The SMILES string of the molecule is CN(C)C(=O)CCC(=O)NC[C@@H]1Cc2cc(-c3cccc(OC(F)(F)F)c3)ccc2O1. The minimum atomic E-state index is -4.75. The van der Waals surface area contributed by atoms with E-state index in [4.69, 9.17) is 4.74 Å². The second kappa shape index (κ2) is 9.28. The molecule has 1 N–H and O–H groups in total. The molecule has 0 aliphatic carbocycles. The number of carbonyl (C=O) groups is 2. The van der Waals surface area contributed by atoms with Gasteiger partial charge in [-0.3, -0.25) is 9.59 Å². The van der Waals surface area contributed by atoms with E-state index in [1.165, 1.54) is 23.1 Å². The zero-order valence-electron chi connectivity index (χ0n) is 17.2. The zero-order chi connectivity index (χ0) is 22.6. The molecule has 0 spiro atoms. The molecule has 0 fully saturated rings. The van der Waals surface area contributed by atoms with Gasteiger partial charge in [-0.25, -0.2) is 0 Å². The number of amides is 2. The fourth-order valence-corrected chi connectivity index (χ4v) is 3.25. The fraction of sp³-hybridized carbons (Fsp3) is 0.364. The molecule has 0 unspecified atom stereocenters. The van der Waals surface area contributed by atoms with Crippen molar-refractivity contribution in [2.24, 2.45) is 0 Å². The largest absolute Gasteiger partial charge is 0.573 e. The topological polar surface area (TPSA) is 67.9 Å². The van der Waals surface area contributed by atoms with E-state index in [0.717, 1.165) is 11.1 Å². The molecule has 1 aliphatic heterocycles. The van der Waals surface area contributed by atoms with Crippen LogP contribution in [-0.4, -0.2) is 49.8 Å². The summed E-state index contributed by atoms with van der Waals surface area (Å²) in [5.74, 6) is 0.0531. The number of nitrogens with one attached hydrogen (secondary N) is 1. The van der Waals surface area contributed by atoms with Crippen molar-refractivity contribution in [3.63, 3.8) is 0 Å². The van der Waals surface area contributed by atoms with E-state index in [0.29, 0.717) is 24.3 Å². The average molecular weight is 436 g/mol. The number of fused-ring (bicyclic) bond motifs is 1. The van der Waals surface area contributed by atoms with Crippen molar-refractivity contribution in [1.29, 1.82) is 0 Å². The Morgan fingerprint density at radius 2 is 1.87 bits per heavy atom. The first kappa shape index (κ1) is 22.5. The monoisotopic (exact) mass is 436 g/mol. The number of hydrogen-bond donors (Lipinski definition) is 1. The van der Waals surface area contributed by atoms with Crippen molar-refractivity contribution in [3.8, 4) is 22.6 Å². The summed E-state index contributed by atoms with van der Waals surface area (Å²) in [7, 11) is 3.27. The molecular weight excluding hydrogens is 413 g/mol. The van der Waals surface area contributed by atoms with Crippen LogP contribution >= 0.6 is 0 Å². The van der Waals surface area contributed by atoms with Crippen LogP contribution < -0.4 is 14.8 Å². The van der Waals surface area contributed by atoms with Gasteiger partial charge in [0.2, 0.25) is 11.8 Å². The Morgan fingerprint density at radius 3 is 2.58 bits per heavy atom. The van der Waals surface area contributed by atoms with Crippen LogP contribution in [0.2, 0.25) is 0 Å². The maximum absolute atomic E-state index is 12.5. The number of halogens is 3. The maximum atomic E-state index is 12.5. The summed E-state index contributed by atoms with van der Waals surface area (Å²) in [6, 6.07) is 11.2.